The standard InChI is InChI=1S/C18H30N4O2S/c1-4-18(3,17(24)22-14-20)10-6-8-12-25-11-7-5-9-15(2)16(23)21-13-19/h15H,4-12H2,1-3H3,(H,21,23)(H,22,24). The molecule has 2 unspecified atom stereocenters. The first-order chi connectivity index (χ1) is 11.9. The summed E-state index contributed by atoms with van der Waals surface area (Å²) in [7, 11) is 0. The Bertz CT molecular complexity index is 498. The molecule has 0 aliphatic heterocycles. The Balaban J connectivity index is 3.71. The van der Waals surface area contributed by atoms with Crippen molar-refractivity contribution in [1.29, 1.82) is 10.5 Å². The Morgan fingerprint density at radius 2 is 1.68 bits per heavy atom. The van der Waals surface area contributed by atoms with Gasteiger partial charge in [-0.15, -0.1) is 0 Å². The fourth-order valence-electron chi connectivity index (χ4n) is 2.44. The van der Waals surface area contributed by atoms with Gasteiger partial charge in [0, 0.05) is 11.3 Å². The molecule has 0 spiro atoms. The molecule has 0 rings (SSSR count). The number of carbonyl (C=O) groups excluding carboxylic acids is 2. The maximum atomic E-state index is 11.9. The molecule has 2 atom stereocenters. The van der Waals surface area contributed by atoms with Crippen molar-refractivity contribution in [3.05, 3.63) is 0 Å². The summed E-state index contributed by atoms with van der Waals surface area (Å²) >= 11 is 1.89. The van der Waals surface area contributed by atoms with Gasteiger partial charge in [0.25, 0.3) is 0 Å². The first kappa shape index (κ1) is 23.3. The van der Waals surface area contributed by atoms with Crippen molar-refractivity contribution in [2.24, 2.45) is 11.3 Å². The van der Waals surface area contributed by atoms with E-state index in [1.54, 1.807) is 12.4 Å². The highest BCUT2D eigenvalue weighted by atomic mass is 32.2. The molecule has 0 aliphatic rings. The Hall–Kier alpha value is -1.73. The predicted octanol–water partition coefficient (Wildman–Crippen LogP) is 3.31. The number of nitrogens with one attached hydrogen (secondary N) is 2. The van der Waals surface area contributed by atoms with E-state index >= 15 is 0 Å². The fourth-order valence-corrected chi connectivity index (χ4v) is 3.46. The number of unbranched alkanes of at least 4 members (excludes halogenated alkanes) is 2. The summed E-state index contributed by atoms with van der Waals surface area (Å²) in [5, 5.41) is 21.4. The minimum atomic E-state index is -0.458. The number of nitrogens with zero attached hydrogens (tertiary/aromatic N) is 2. The van der Waals surface area contributed by atoms with Crippen LogP contribution in [0, 0.1) is 34.2 Å². The van der Waals surface area contributed by atoms with Gasteiger partial charge in [0.05, 0.1) is 0 Å². The average Bonchev–Trinajstić information content (AvgIpc) is 2.60. The number of amides is 2. The second kappa shape index (κ2) is 13.5. The smallest absolute Gasteiger partial charge is 0.238 e. The molecule has 0 aromatic heterocycles. The highest BCUT2D eigenvalue weighted by molar-refractivity contribution is 7.99. The van der Waals surface area contributed by atoms with E-state index in [0.717, 1.165) is 56.5 Å². The number of hydrogen-bond acceptors (Lipinski definition) is 5. The van der Waals surface area contributed by atoms with Crippen LogP contribution in [-0.4, -0.2) is 23.3 Å². The zero-order chi connectivity index (χ0) is 19.1. The van der Waals surface area contributed by atoms with Crippen molar-refractivity contribution in [2.75, 3.05) is 11.5 Å². The van der Waals surface area contributed by atoms with Crippen molar-refractivity contribution in [1.82, 2.24) is 10.6 Å². The molecule has 0 aliphatic carbocycles. The molecular formula is C18H30N4O2S. The fraction of sp³-hybridized carbons (Fsp3) is 0.778. The molecule has 0 fully saturated rings. The summed E-state index contributed by atoms with van der Waals surface area (Å²) < 4.78 is 0. The minimum absolute atomic E-state index is 0.115. The molecule has 0 aromatic carbocycles. The van der Waals surface area contributed by atoms with Crippen LogP contribution in [0.5, 0.6) is 0 Å². The Labute approximate surface area is 155 Å². The number of nitriles is 2. The van der Waals surface area contributed by atoms with Gasteiger partial charge in [-0.3, -0.25) is 20.2 Å². The van der Waals surface area contributed by atoms with Crippen molar-refractivity contribution in [2.45, 2.75) is 65.7 Å². The van der Waals surface area contributed by atoms with Crippen LogP contribution in [0.15, 0.2) is 0 Å². The van der Waals surface area contributed by atoms with E-state index in [2.05, 4.69) is 10.6 Å². The molecule has 6 nitrogen and oxygen atoms in total. The summed E-state index contributed by atoms with van der Waals surface area (Å²) in [5.41, 5.74) is -0.458. The summed E-state index contributed by atoms with van der Waals surface area (Å²) in [6, 6.07) is 0. The van der Waals surface area contributed by atoms with Gasteiger partial charge in [-0.25, -0.2) is 0 Å². The summed E-state index contributed by atoms with van der Waals surface area (Å²) in [4.78, 5) is 23.3. The van der Waals surface area contributed by atoms with E-state index in [4.69, 9.17) is 10.5 Å². The van der Waals surface area contributed by atoms with Gasteiger partial charge in [0.15, 0.2) is 12.4 Å². The van der Waals surface area contributed by atoms with Crippen molar-refractivity contribution in [3.8, 4) is 12.4 Å². The molecule has 7 heteroatoms. The molecule has 140 valence electrons. The van der Waals surface area contributed by atoms with Crippen molar-refractivity contribution < 1.29 is 9.59 Å². The van der Waals surface area contributed by atoms with E-state index in [9.17, 15) is 9.59 Å². The van der Waals surface area contributed by atoms with Crippen LogP contribution in [0.1, 0.15) is 65.7 Å². The molecule has 0 saturated carbocycles. The number of hydrogen-bond donors (Lipinski definition) is 2. The number of rotatable bonds is 13. The van der Waals surface area contributed by atoms with E-state index in [1.807, 2.05) is 32.5 Å². The molecule has 2 N–H and O–H groups in total. The molecule has 0 radical (unpaired) electrons. The Morgan fingerprint density at radius 3 is 2.24 bits per heavy atom. The van der Waals surface area contributed by atoms with E-state index in [0.29, 0.717) is 0 Å². The second-order valence-electron chi connectivity index (χ2n) is 6.55. The Morgan fingerprint density at radius 1 is 1.08 bits per heavy atom. The van der Waals surface area contributed by atoms with Crippen LogP contribution < -0.4 is 10.6 Å². The van der Waals surface area contributed by atoms with Crippen LogP contribution in [0.4, 0.5) is 0 Å². The lowest BCUT2D eigenvalue weighted by Gasteiger charge is -2.25. The van der Waals surface area contributed by atoms with Crippen LogP contribution >= 0.6 is 11.8 Å². The van der Waals surface area contributed by atoms with Crippen LogP contribution in [0.3, 0.4) is 0 Å². The third kappa shape index (κ3) is 9.99. The zero-order valence-corrected chi connectivity index (χ0v) is 16.4. The molecule has 0 aromatic rings. The quantitative estimate of drug-likeness (QED) is 0.295. The lowest BCUT2D eigenvalue weighted by molar-refractivity contribution is -0.129. The molecule has 0 saturated heterocycles. The van der Waals surface area contributed by atoms with E-state index < -0.39 is 5.41 Å². The van der Waals surface area contributed by atoms with Gasteiger partial charge in [0.1, 0.15) is 0 Å². The highest BCUT2D eigenvalue weighted by Gasteiger charge is 2.30. The van der Waals surface area contributed by atoms with Crippen LogP contribution in [0.2, 0.25) is 0 Å². The van der Waals surface area contributed by atoms with Gasteiger partial charge in [-0.1, -0.05) is 33.6 Å². The monoisotopic (exact) mass is 366 g/mol. The summed E-state index contributed by atoms with van der Waals surface area (Å²) in [6.07, 6.45) is 9.78. The third-order valence-electron chi connectivity index (χ3n) is 4.57. The highest BCUT2D eigenvalue weighted by Crippen LogP contribution is 2.28. The third-order valence-corrected chi connectivity index (χ3v) is 5.72. The summed E-state index contributed by atoms with van der Waals surface area (Å²) in [6.45, 7) is 5.73. The van der Waals surface area contributed by atoms with Gasteiger partial charge < -0.3 is 0 Å². The van der Waals surface area contributed by atoms with Crippen LogP contribution in [-0.2, 0) is 9.59 Å². The topological polar surface area (TPSA) is 106 Å². The lowest BCUT2D eigenvalue weighted by atomic mass is 9.81. The van der Waals surface area contributed by atoms with Gasteiger partial charge in [-0.05, 0) is 43.6 Å². The van der Waals surface area contributed by atoms with Gasteiger partial charge in [-0.2, -0.15) is 22.3 Å². The largest absolute Gasteiger partial charge is 0.274 e. The molecular weight excluding hydrogens is 336 g/mol. The maximum absolute atomic E-state index is 11.9. The Kier molecular flexibility index (Phi) is 12.6. The van der Waals surface area contributed by atoms with Gasteiger partial charge in [0.2, 0.25) is 11.8 Å². The van der Waals surface area contributed by atoms with Crippen molar-refractivity contribution in [3.63, 3.8) is 0 Å². The normalized spacial score (nSPS) is 13.8. The zero-order valence-electron chi connectivity index (χ0n) is 15.6. The molecule has 2 amide bonds. The van der Waals surface area contributed by atoms with Crippen molar-refractivity contribution >= 4 is 23.6 Å². The molecule has 0 bridgehead atoms. The minimum Gasteiger partial charge on any atom is -0.274 e. The van der Waals surface area contributed by atoms with Gasteiger partial charge >= 0.3 is 0 Å². The predicted molar refractivity (Wildman–Crippen MR) is 100 cm³/mol. The average molecular weight is 367 g/mol. The lowest BCUT2D eigenvalue weighted by Crippen LogP contribution is -2.36. The molecule has 25 heavy (non-hydrogen) atoms. The number of thioether (sulfide) groups is 1. The van der Waals surface area contributed by atoms with E-state index in [1.165, 1.54) is 0 Å². The molecule has 0 heterocycles. The van der Waals surface area contributed by atoms with Crippen LogP contribution in [0.25, 0.3) is 0 Å². The first-order valence-electron chi connectivity index (χ1n) is 8.87. The first-order valence-corrected chi connectivity index (χ1v) is 10.0. The SMILES string of the molecule is CCC(C)(CCCCSCCCCC(C)C(=O)NC#N)C(=O)NC#N. The maximum Gasteiger partial charge on any atom is 0.238 e. The summed E-state index contributed by atoms with van der Waals surface area (Å²) in [5.74, 6) is 1.63. The van der Waals surface area contributed by atoms with E-state index in [-0.39, 0.29) is 17.7 Å². The second-order valence-corrected chi connectivity index (χ2v) is 7.77. The number of carbonyl (C=O) groups is 2.